The molecule has 0 saturated carbocycles. The molecule has 23 heavy (non-hydrogen) atoms. The number of aliphatic hydroxyl groups is 2. The average Bonchev–Trinajstić information content (AvgIpc) is 2.53. The Balaban J connectivity index is 1.90. The number of benzene rings is 1. The van der Waals surface area contributed by atoms with E-state index < -0.39 is 12.2 Å². The molecule has 0 bridgehead atoms. The van der Waals surface area contributed by atoms with Gasteiger partial charge in [-0.3, -0.25) is 4.90 Å². The fourth-order valence-corrected chi connectivity index (χ4v) is 3.34. The third kappa shape index (κ3) is 3.13. The van der Waals surface area contributed by atoms with E-state index in [-0.39, 0.29) is 11.8 Å². The lowest BCUT2D eigenvalue weighted by molar-refractivity contribution is 0.0782. The number of hydrogen-bond donors (Lipinski definition) is 3. The topological polar surface area (TPSA) is 73.2 Å². The minimum atomic E-state index is -0.854. The van der Waals surface area contributed by atoms with Crippen LogP contribution in [0.1, 0.15) is 23.6 Å². The van der Waals surface area contributed by atoms with E-state index in [1.165, 1.54) is 5.56 Å². The normalized spacial score (nSPS) is 27.5. The molecule has 0 saturated heterocycles. The lowest BCUT2D eigenvalue weighted by Crippen LogP contribution is -2.33. The summed E-state index contributed by atoms with van der Waals surface area (Å²) in [5.74, 6) is 0.651. The molecule has 1 aliphatic heterocycles. The number of allylic oxidation sites excluding steroid dienone is 1. The molecule has 3 atom stereocenters. The van der Waals surface area contributed by atoms with E-state index in [9.17, 15) is 15.3 Å². The van der Waals surface area contributed by atoms with Crippen LogP contribution in [0.5, 0.6) is 11.5 Å². The summed E-state index contributed by atoms with van der Waals surface area (Å²) in [4.78, 5) is 2.25. The highest BCUT2D eigenvalue weighted by Crippen LogP contribution is 2.39. The zero-order valence-electron chi connectivity index (χ0n) is 13.4. The van der Waals surface area contributed by atoms with E-state index in [0.717, 1.165) is 30.5 Å². The van der Waals surface area contributed by atoms with Crippen LogP contribution in [0.2, 0.25) is 0 Å². The van der Waals surface area contributed by atoms with Gasteiger partial charge in [-0.15, -0.1) is 0 Å². The molecule has 1 heterocycles. The van der Waals surface area contributed by atoms with E-state index in [4.69, 9.17) is 4.74 Å². The molecule has 1 aromatic rings. The van der Waals surface area contributed by atoms with Crippen LogP contribution in [0.15, 0.2) is 35.9 Å². The summed E-state index contributed by atoms with van der Waals surface area (Å²) in [5.41, 5.74) is 3.26. The Morgan fingerprint density at radius 3 is 2.74 bits per heavy atom. The lowest BCUT2D eigenvalue weighted by atomic mass is 9.87. The Kier molecular flexibility index (Phi) is 4.43. The van der Waals surface area contributed by atoms with E-state index in [2.05, 4.69) is 11.9 Å². The molecule has 0 aromatic heterocycles. The SMILES string of the molecule is COc1cc2c(cc1O)[C@H](CC1=CC(O)C(O)C=C1)N(C)CC2. The Hall–Kier alpha value is -1.82. The summed E-state index contributed by atoms with van der Waals surface area (Å²) in [5, 5.41) is 29.5. The molecule has 0 fully saturated rings. The predicted molar refractivity (Wildman–Crippen MR) is 87.6 cm³/mol. The van der Waals surface area contributed by atoms with Crippen molar-refractivity contribution in [3.63, 3.8) is 0 Å². The predicted octanol–water partition coefficient (Wildman–Crippen LogP) is 1.54. The average molecular weight is 317 g/mol. The van der Waals surface area contributed by atoms with Crippen molar-refractivity contribution in [2.45, 2.75) is 31.1 Å². The first-order valence-electron chi connectivity index (χ1n) is 7.84. The highest BCUT2D eigenvalue weighted by atomic mass is 16.5. The standard InChI is InChI=1S/C18H23NO4/c1-19-6-5-12-9-18(23-2)17(22)10-13(12)14(19)7-11-3-4-15(20)16(21)8-11/h3-4,8-10,14-16,20-22H,5-7H2,1-2H3/t14-,15?,16?/m0/s1. The number of aliphatic hydroxyl groups excluding tert-OH is 2. The number of ether oxygens (including phenoxy) is 1. The number of rotatable bonds is 3. The van der Waals surface area contributed by atoms with Gasteiger partial charge in [0.25, 0.3) is 0 Å². The highest BCUT2D eigenvalue weighted by Gasteiger charge is 2.28. The maximum absolute atomic E-state index is 10.1. The maximum atomic E-state index is 10.1. The van der Waals surface area contributed by atoms with Crippen LogP contribution in [0.25, 0.3) is 0 Å². The molecule has 0 amide bonds. The largest absolute Gasteiger partial charge is 0.504 e. The van der Waals surface area contributed by atoms with E-state index in [1.807, 2.05) is 12.1 Å². The van der Waals surface area contributed by atoms with Crippen molar-refractivity contribution in [3.05, 3.63) is 47.1 Å². The molecule has 3 N–H and O–H groups in total. The minimum Gasteiger partial charge on any atom is -0.504 e. The number of phenols is 1. The van der Waals surface area contributed by atoms with Gasteiger partial charge in [0, 0.05) is 12.6 Å². The maximum Gasteiger partial charge on any atom is 0.160 e. The summed E-state index contributed by atoms with van der Waals surface area (Å²) in [6.07, 6.45) is 5.13. The number of hydrogen-bond acceptors (Lipinski definition) is 5. The van der Waals surface area contributed by atoms with Crippen LogP contribution in [0, 0.1) is 0 Å². The van der Waals surface area contributed by atoms with E-state index in [1.54, 1.807) is 25.3 Å². The Labute approximate surface area is 136 Å². The van der Waals surface area contributed by atoms with E-state index >= 15 is 0 Å². The number of aromatic hydroxyl groups is 1. The molecular weight excluding hydrogens is 294 g/mol. The molecule has 3 rings (SSSR count). The highest BCUT2D eigenvalue weighted by molar-refractivity contribution is 5.49. The second kappa shape index (κ2) is 6.35. The summed E-state index contributed by atoms with van der Waals surface area (Å²) in [7, 11) is 3.62. The second-order valence-electron chi connectivity index (χ2n) is 6.26. The van der Waals surface area contributed by atoms with Crippen molar-refractivity contribution >= 4 is 0 Å². The van der Waals surface area contributed by atoms with Gasteiger partial charge in [0.1, 0.15) is 12.2 Å². The number of likely N-dealkylation sites (N-methyl/N-ethyl adjacent to an activating group) is 1. The zero-order chi connectivity index (χ0) is 16.6. The first kappa shape index (κ1) is 16.1. The smallest absolute Gasteiger partial charge is 0.160 e. The van der Waals surface area contributed by atoms with Crippen molar-refractivity contribution in [3.8, 4) is 11.5 Å². The molecular formula is C18H23NO4. The van der Waals surface area contributed by atoms with Gasteiger partial charge in [-0.2, -0.15) is 0 Å². The number of methoxy groups -OCH3 is 1. The zero-order valence-corrected chi connectivity index (χ0v) is 13.4. The monoisotopic (exact) mass is 317 g/mol. The number of fused-ring (bicyclic) bond motifs is 1. The molecule has 2 unspecified atom stereocenters. The molecule has 1 aliphatic carbocycles. The van der Waals surface area contributed by atoms with Crippen molar-refractivity contribution in [2.75, 3.05) is 20.7 Å². The molecule has 0 radical (unpaired) electrons. The van der Waals surface area contributed by atoms with Crippen molar-refractivity contribution < 1.29 is 20.1 Å². The molecule has 2 aliphatic rings. The second-order valence-corrected chi connectivity index (χ2v) is 6.26. The van der Waals surface area contributed by atoms with Gasteiger partial charge in [0.15, 0.2) is 11.5 Å². The van der Waals surface area contributed by atoms with Gasteiger partial charge in [-0.05, 0) is 54.8 Å². The first-order valence-corrected chi connectivity index (χ1v) is 7.84. The van der Waals surface area contributed by atoms with Crippen LogP contribution in [0.3, 0.4) is 0 Å². The Morgan fingerprint density at radius 1 is 1.26 bits per heavy atom. The summed E-state index contributed by atoms with van der Waals surface area (Å²) < 4.78 is 5.20. The Morgan fingerprint density at radius 2 is 2.04 bits per heavy atom. The lowest BCUT2D eigenvalue weighted by Gasteiger charge is -2.35. The minimum absolute atomic E-state index is 0.119. The van der Waals surface area contributed by atoms with Gasteiger partial charge in [0.05, 0.1) is 7.11 Å². The van der Waals surface area contributed by atoms with Gasteiger partial charge in [0.2, 0.25) is 0 Å². The number of nitrogens with zero attached hydrogens (tertiary/aromatic N) is 1. The summed E-state index contributed by atoms with van der Waals surface area (Å²) in [6.45, 7) is 0.924. The fraction of sp³-hybridized carbons (Fsp3) is 0.444. The molecule has 5 nitrogen and oxygen atoms in total. The van der Waals surface area contributed by atoms with Crippen LogP contribution in [0.4, 0.5) is 0 Å². The van der Waals surface area contributed by atoms with E-state index in [0.29, 0.717) is 5.75 Å². The van der Waals surface area contributed by atoms with Crippen LogP contribution in [-0.2, 0) is 6.42 Å². The summed E-state index contributed by atoms with van der Waals surface area (Å²) >= 11 is 0. The third-order valence-corrected chi connectivity index (χ3v) is 4.74. The summed E-state index contributed by atoms with van der Waals surface area (Å²) in [6, 6.07) is 3.82. The number of phenolic OH excluding ortho intramolecular Hbond substituents is 1. The third-order valence-electron chi connectivity index (χ3n) is 4.74. The fourth-order valence-electron chi connectivity index (χ4n) is 3.34. The van der Waals surface area contributed by atoms with Gasteiger partial charge in [-0.1, -0.05) is 12.2 Å². The van der Waals surface area contributed by atoms with Crippen LogP contribution < -0.4 is 4.74 Å². The molecule has 5 heteroatoms. The molecule has 0 spiro atoms. The molecule has 124 valence electrons. The first-order chi connectivity index (χ1) is 11.0. The van der Waals surface area contributed by atoms with Crippen molar-refractivity contribution in [1.29, 1.82) is 0 Å². The Bertz CT molecular complexity index is 653. The van der Waals surface area contributed by atoms with Crippen LogP contribution in [-0.4, -0.2) is 53.1 Å². The van der Waals surface area contributed by atoms with Gasteiger partial charge in [-0.25, -0.2) is 0 Å². The van der Waals surface area contributed by atoms with Gasteiger partial charge >= 0.3 is 0 Å². The molecule has 1 aromatic carbocycles. The quantitative estimate of drug-likeness (QED) is 0.789. The van der Waals surface area contributed by atoms with Gasteiger partial charge < -0.3 is 20.1 Å². The van der Waals surface area contributed by atoms with Crippen LogP contribution >= 0.6 is 0 Å². The van der Waals surface area contributed by atoms with Crippen molar-refractivity contribution in [1.82, 2.24) is 4.90 Å². The van der Waals surface area contributed by atoms with Crippen molar-refractivity contribution in [2.24, 2.45) is 0 Å².